The minimum atomic E-state index is -0.536. The van der Waals surface area contributed by atoms with Crippen LogP contribution >= 0.6 is 11.3 Å². The number of benzene rings is 1. The largest absolute Gasteiger partial charge is 0.337 e. The first-order valence-electron chi connectivity index (χ1n) is 12.5. The Morgan fingerprint density at radius 2 is 1.95 bits per heavy atom. The van der Waals surface area contributed by atoms with Crippen LogP contribution in [-0.4, -0.2) is 36.0 Å². The van der Waals surface area contributed by atoms with Crippen LogP contribution in [0.15, 0.2) is 60.4 Å². The zero-order valence-electron chi connectivity index (χ0n) is 20.2. The first-order chi connectivity index (χ1) is 18.7. The molecule has 1 aliphatic rings. The molecule has 188 valence electrons. The smallest absolute Gasteiger partial charge is 0.227 e. The van der Waals surface area contributed by atoms with Crippen LogP contribution in [0.1, 0.15) is 25.7 Å². The van der Waals surface area contributed by atoms with Crippen molar-refractivity contribution in [3.63, 3.8) is 0 Å². The second kappa shape index (κ2) is 9.14. The normalized spacial score (nSPS) is 14.0. The number of hydrogen-bond donors (Lipinski definition) is 3. The molecule has 7 rings (SSSR count). The minimum Gasteiger partial charge on any atom is -0.337 e. The third kappa shape index (κ3) is 3.84. The van der Waals surface area contributed by atoms with Gasteiger partial charge in [-0.1, -0.05) is 31.0 Å². The molecule has 38 heavy (non-hydrogen) atoms. The van der Waals surface area contributed by atoms with Crippen molar-refractivity contribution in [2.24, 2.45) is 5.92 Å². The summed E-state index contributed by atoms with van der Waals surface area (Å²) in [6.07, 6.45) is 8.58. The Morgan fingerprint density at radius 3 is 2.79 bits per heavy atom. The fraction of sp³-hybridized carbons (Fsp3) is 0.179. The summed E-state index contributed by atoms with van der Waals surface area (Å²) < 4.78 is 16.1. The highest BCUT2D eigenvalue weighted by atomic mass is 32.1. The first kappa shape index (κ1) is 22.7. The molecule has 10 heteroatoms. The Bertz CT molecular complexity index is 1800. The highest BCUT2D eigenvalue weighted by Crippen LogP contribution is 2.36. The molecule has 6 aromatic rings. The molecule has 3 N–H and O–H groups in total. The van der Waals surface area contributed by atoms with Crippen LogP contribution in [0, 0.1) is 11.7 Å². The number of thiophene rings is 1. The molecule has 0 radical (unpaired) electrons. The number of amides is 1. The van der Waals surface area contributed by atoms with Crippen molar-refractivity contribution in [2.45, 2.75) is 25.7 Å². The number of imidazole rings is 1. The minimum absolute atomic E-state index is 0.0162. The molecule has 8 nitrogen and oxygen atoms in total. The number of carbonyl (C=O) groups excluding carboxylic acids is 1. The van der Waals surface area contributed by atoms with Gasteiger partial charge in [-0.15, -0.1) is 11.3 Å². The van der Waals surface area contributed by atoms with Crippen molar-refractivity contribution in [3.05, 3.63) is 66.2 Å². The summed E-state index contributed by atoms with van der Waals surface area (Å²) in [7, 11) is 0. The van der Waals surface area contributed by atoms with E-state index >= 15 is 4.39 Å². The lowest BCUT2D eigenvalue weighted by atomic mass is 10.1. The maximum absolute atomic E-state index is 16.1. The van der Waals surface area contributed by atoms with E-state index < -0.39 is 5.82 Å². The van der Waals surface area contributed by atoms with Crippen molar-refractivity contribution in [3.8, 4) is 33.2 Å². The zero-order valence-corrected chi connectivity index (χ0v) is 21.0. The number of carbonyl (C=O) groups is 1. The summed E-state index contributed by atoms with van der Waals surface area (Å²) in [5.74, 6) is -0.0787. The summed E-state index contributed by atoms with van der Waals surface area (Å²) >= 11 is 1.64. The number of H-pyrrole nitrogens is 2. The van der Waals surface area contributed by atoms with Gasteiger partial charge in [-0.25, -0.2) is 9.37 Å². The van der Waals surface area contributed by atoms with Crippen LogP contribution in [0.25, 0.3) is 55.2 Å². The van der Waals surface area contributed by atoms with Crippen molar-refractivity contribution < 1.29 is 9.18 Å². The number of aromatic amines is 2. The number of aromatic nitrogens is 6. The molecule has 0 aliphatic heterocycles. The second-order valence-corrected chi connectivity index (χ2v) is 10.4. The Morgan fingerprint density at radius 1 is 1.05 bits per heavy atom. The Labute approximate surface area is 220 Å². The van der Waals surface area contributed by atoms with Crippen LogP contribution in [-0.2, 0) is 4.79 Å². The van der Waals surface area contributed by atoms with E-state index in [2.05, 4.69) is 30.5 Å². The lowest BCUT2D eigenvalue weighted by Crippen LogP contribution is -2.20. The van der Waals surface area contributed by atoms with E-state index in [-0.39, 0.29) is 22.9 Å². The first-order valence-corrected chi connectivity index (χ1v) is 13.4. The standard InChI is InChI=1S/C28H22FN7OS/c29-23-22-20(14-31-24(23)16-11-17(13-30-12-16)32-28(37)15-5-1-2-6-15)35-36-26(22)27-33-19-8-3-7-18(25(19)34-27)21-9-4-10-38-21/h3-4,7-15H,1-2,5-6H2,(H,32,37)(H,33,34)(H,35,36). The van der Waals surface area contributed by atoms with E-state index in [9.17, 15) is 4.79 Å². The highest BCUT2D eigenvalue weighted by Gasteiger charge is 2.24. The molecule has 5 aromatic heterocycles. The zero-order chi connectivity index (χ0) is 25.6. The molecular formula is C28H22FN7OS. The lowest BCUT2D eigenvalue weighted by Gasteiger charge is -2.11. The van der Waals surface area contributed by atoms with Gasteiger partial charge in [0.2, 0.25) is 5.91 Å². The van der Waals surface area contributed by atoms with E-state index in [1.54, 1.807) is 29.8 Å². The molecule has 1 aromatic carbocycles. The van der Waals surface area contributed by atoms with Gasteiger partial charge in [0.05, 0.1) is 40.0 Å². The predicted octanol–water partition coefficient (Wildman–Crippen LogP) is 6.56. The average Bonchev–Trinajstić information content (AvgIpc) is 3.74. The highest BCUT2D eigenvalue weighted by molar-refractivity contribution is 7.13. The molecule has 0 saturated heterocycles. The fourth-order valence-electron chi connectivity index (χ4n) is 5.19. The van der Waals surface area contributed by atoms with Crippen molar-refractivity contribution in [2.75, 3.05) is 5.32 Å². The van der Waals surface area contributed by atoms with Gasteiger partial charge in [0.25, 0.3) is 0 Å². The molecule has 1 fully saturated rings. The molecule has 5 heterocycles. The molecular weight excluding hydrogens is 501 g/mol. The molecule has 1 amide bonds. The number of rotatable bonds is 5. The lowest BCUT2D eigenvalue weighted by molar-refractivity contribution is -0.119. The number of para-hydroxylation sites is 1. The monoisotopic (exact) mass is 523 g/mol. The number of nitrogens with one attached hydrogen (secondary N) is 3. The van der Waals surface area contributed by atoms with Crippen LogP contribution < -0.4 is 5.32 Å². The SMILES string of the molecule is O=C(Nc1cncc(-c2ncc3[nH]nc(-c4nc5c(-c6cccs6)cccc5[nH]4)c3c2F)c1)C1CCCC1. The second-order valence-electron chi connectivity index (χ2n) is 9.48. The van der Waals surface area contributed by atoms with E-state index in [1.807, 2.05) is 35.7 Å². The van der Waals surface area contributed by atoms with Gasteiger partial charge in [-0.3, -0.25) is 19.9 Å². The van der Waals surface area contributed by atoms with Gasteiger partial charge in [0.15, 0.2) is 11.6 Å². The quantitative estimate of drug-likeness (QED) is 0.237. The third-order valence-electron chi connectivity index (χ3n) is 7.07. The third-order valence-corrected chi connectivity index (χ3v) is 7.98. The van der Waals surface area contributed by atoms with Crippen LogP contribution in [0.5, 0.6) is 0 Å². The van der Waals surface area contributed by atoms with Crippen molar-refractivity contribution in [1.82, 2.24) is 30.1 Å². The van der Waals surface area contributed by atoms with Gasteiger partial charge >= 0.3 is 0 Å². The van der Waals surface area contributed by atoms with Gasteiger partial charge < -0.3 is 10.3 Å². The summed E-state index contributed by atoms with van der Waals surface area (Å²) in [6, 6.07) is 11.7. The molecule has 1 aliphatic carbocycles. The molecule has 1 saturated carbocycles. The maximum atomic E-state index is 16.1. The average molecular weight is 524 g/mol. The molecule has 0 spiro atoms. The Balaban J connectivity index is 1.28. The Hall–Kier alpha value is -4.44. The van der Waals surface area contributed by atoms with Gasteiger partial charge in [-0.2, -0.15) is 5.10 Å². The van der Waals surface area contributed by atoms with E-state index in [1.165, 1.54) is 6.20 Å². The number of nitrogens with zero attached hydrogens (tertiary/aromatic N) is 4. The van der Waals surface area contributed by atoms with E-state index in [0.29, 0.717) is 28.3 Å². The topological polar surface area (TPSA) is 112 Å². The number of fused-ring (bicyclic) bond motifs is 2. The summed E-state index contributed by atoms with van der Waals surface area (Å²) in [5, 5.41) is 12.5. The molecule has 0 unspecified atom stereocenters. The number of anilines is 1. The van der Waals surface area contributed by atoms with Gasteiger partial charge in [0, 0.05) is 28.1 Å². The summed E-state index contributed by atoms with van der Waals surface area (Å²) in [5.41, 5.74) is 4.58. The van der Waals surface area contributed by atoms with Crippen molar-refractivity contribution in [1.29, 1.82) is 0 Å². The molecule has 0 bridgehead atoms. The van der Waals surface area contributed by atoms with Gasteiger partial charge in [0.1, 0.15) is 11.4 Å². The summed E-state index contributed by atoms with van der Waals surface area (Å²) in [4.78, 5) is 30.4. The molecule has 0 atom stereocenters. The number of pyridine rings is 2. The summed E-state index contributed by atoms with van der Waals surface area (Å²) in [6.45, 7) is 0. The number of hydrogen-bond acceptors (Lipinski definition) is 6. The van der Waals surface area contributed by atoms with Crippen LogP contribution in [0.3, 0.4) is 0 Å². The number of halogens is 1. The maximum Gasteiger partial charge on any atom is 0.227 e. The van der Waals surface area contributed by atoms with Crippen LogP contribution in [0.2, 0.25) is 0 Å². The predicted molar refractivity (Wildman–Crippen MR) is 146 cm³/mol. The van der Waals surface area contributed by atoms with E-state index in [0.717, 1.165) is 47.2 Å². The van der Waals surface area contributed by atoms with Gasteiger partial charge in [-0.05, 0) is 36.4 Å². The van der Waals surface area contributed by atoms with Crippen molar-refractivity contribution >= 4 is 44.9 Å². The van der Waals surface area contributed by atoms with E-state index in [4.69, 9.17) is 4.98 Å². The van der Waals surface area contributed by atoms with Crippen LogP contribution in [0.4, 0.5) is 10.1 Å². The Kier molecular flexibility index (Phi) is 5.47. The fourth-order valence-corrected chi connectivity index (χ4v) is 5.95.